The first kappa shape index (κ1) is 10.3. The maximum Gasteiger partial charge on any atom is 0.221 e. The van der Waals surface area contributed by atoms with E-state index < -0.39 is 0 Å². The molecule has 14 heavy (non-hydrogen) atoms. The summed E-state index contributed by atoms with van der Waals surface area (Å²) in [4.78, 5) is 10.7. The summed E-state index contributed by atoms with van der Waals surface area (Å²) in [6, 6.07) is 7.71. The van der Waals surface area contributed by atoms with Gasteiger partial charge in [-0.2, -0.15) is 0 Å². The molecule has 0 unspecified atom stereocenters. The molecule has 0 fully saturated rings. The average Bonchev–Trinajstić information content (AvgIpc) is 2.16. The fourth-order valence-corrected chi connectivity index (χ4v) is 1.17. The van der Waals surface area contributed by atoms with E-state index >= 15 is 0 Å². The van der Waals surface area contributed by atoms with E-state index in [0.29, 0.717) is 0 Å². The second-order valence-electron chi connectivity index (χ2n) is 3.08. The second kappa shape index (κ2) is 5.08. The van der Waals surface area contributed by atoms with Crippen LogP contribution in [0.25, 0.3) is 0 Å². The molecule has 1 amide bonds. The molecule has 0 aliphatic heterocycles. The Labute approximate surface area is 84.3 Å². The molecular formula is C12H13NO. The molecule has 1 rings (SSSR count). The summed E-state index contributed by atoms with van der Waals surface area (Å²) in [5.41, 5.74) is 2.01. The topological polar surface area (TPSA) is 29.1 Å². The quantitative estimate of drug-likeness (QED) is 0.722. The molecule has 0 aromatic heterocycles. The Morgan fingerprint density at radius 3 is 2.57 bits per heavy atom. The molecular weight excluding hydrogens is 174 g/mol. The zero-order chi connectivity index (χ0) is 10.4. The van der Waals surface area contributed by atoms with Crippen LogP contribution in [0.4, 0.5) is 5.69 Å². The van der Waals surface area contributed by atoms with Gasteiger partial charge in [-0.05, 0) is 24.1 Å². The van der Waals surface area contributed by atoms with Gasteiger partial charge in [0, 0.05) is 19.0 Å². The Hall–Kier alpha value is -1.75. The molecule has 0 saturated carbocycles. The Morgan fingerprint density at radius 1 is 1.43 bits per heavy atom. The number of benzene rings is 1. The number of rotatable bonds is 3. The van der Waals surface area contributed by atoms with E-state index in [1.165, 1.54) is 12.5 Å². The lowest BCUT2D eigenvalue weighted by Gasteiger charge is -2.02. The zero-order valence-corrected chi connectivity index (χ0v) is 8.21. The number of hydrogen-bond donors (Lipinski definition) is 1. The fourth-order valence-electron chi connectivity index (χ4n) is 1.17. The van der Waals surface area contributed by atoms with Crippen molar-refractivity contribution in [3.8, 4) is 12.3 Å². The number of carbonyl (C=O) groups is 1. The van der Waals surface area contributed by atoms with Crippen LogP contribution in [0.2, 0.25) is 0 Å². The Balaban J connectivity index is 2.60. The fraction of sp³-hybridized carbons (Fsp3) is 0.250. The van der Waals surface area contributed by atoms with Crippen molar-refractivity contribution < 1.29 is 4.79 Å². The van der Waals surface area contributed by atoms with Gasteiger partial charge in [0.1, 0.15) is 0 Å². The predicted octanol–water partition coefficient (Wildman–Crippen LogP) is 2.21. The van der Waals surface area contributed by atoms with Gasteiger partial charge >= 0.3 is 0 Å². The Kier molecular flexibility index (Phi) is 3.75. The summed E-state index contributed by atoms with van der Waals surface area (Å²) in [6.07, 6.45) is 6.80. The largest absolute Gasteiger partial charge is 0.326 e. The standard InChI is InChI=1S/C12H13NO/c1-3-4-5-11-6-8-12(9-7-11)13-10(2)14/h1,6-9H,4-5H2,2H3,(H,13,14). The first-order chi connectivity index (χ1) is 6.72. The lowest BCUT2D eigenvalue weighted by Crippen LogP contribution is -2.05. The van der Waals surface area contributed by atoms with Crippen LogP contribution in [0, 0.1) is 12.3 Å². The molecule has 0 heterocycles. The number of aryl methyl sites for hydroxylation is 1. The molecule has 1 aromatic rings. The van der Waals surface area contributed by atoms with Crippen LogP contribution >= 0.6 is 0 Å². The van der Waals surface area contributed by atoms with E-state index in [0.717, 1.165) is 18.5 Å². The molecule has 0 saturated heterocycles. The van der Waals surface area contributed by atoms with E-state index in [4.69, 9.17) is 6.42 Å². The normalized spacial score (nSPS) is 9.14. The number of nitrogens with one attached hydrogen (secondary N) is 1. The molecule has 0 bridgehead atoms. The highest BCUT2D eigenvalue weighted by Gasteiger charge is 1.95. The number of terminal acetylenes is 1. The molecule has 2 nitrogen and oxygen atoms in total. The molecule has 0 spiro atoms. The predicted molar refractivity (Wildman–Crippen MR) is 57.9 cm³/mol. The third-order valence-corrected chi connectivity index (χ3v) is 1.83. The minimum atomic E-state index is -0.0543. The van der Waals surface area contributed by atoms with Crippen LogP contribution in [0.3, 0.4) is 0 Å². The van der Waals surface area contributed by atoms with Crippen molar-refractivity contribution in [1.29, 1.82) is 0 Å². The van der Waals surface area contributed by atoms with Gasteiger partial charge in [-0.25, -0.2) is 0 Å². The number of hydrogen-bond acceptors (Lipinski definition) is 1. The van der Waals surface area contributed by atoms with Crippen molar-refractivity contribution >= 4 is 11.6 Å². The van der Waals surface area contributed by atoms with E-state index in [9.17, 15) is 4.79 Å². The molecule has 2 heteroatoms. The second-order valence-corrected chi connectivity index (χ2v) is 3.08. The molecule has 0 radical (unpaired) electrons. The monoisotopic (exact) mass is 187 g/mol. The first-order valence-electron chi connectivity index (χ1n) is 4.52. The summed E-state index contributed by atoms with van der Waals surface area (Å²) in [5, 5.41) is 2.71. The smallest absolute Gasteiger partial charge is 0.221 e. The minimum Gasteiger partial charge on any atom is -0.326 e. The van der Waals surface area contributed by atoms with Gasteiger partial charge in [0.05, 0.1) is 0 Å². The Bertz CT molecular complexity index is 346. The Morgan fingerprint density at radius 2 is 2.07 bits per heavy atom. The lowest BCUT2D eigenvalue weighted by molar-refractivity contribution is -0.114. The van der Waals surface area contributed by atoms with Crippen molar-refractivity contribution in [3.05, 3.63) is 29.8 Å². The van der Waals surface area contributed by atoms with Gasteiger partial charge in [0.25, 0.3) is 0 Å². The summed E-state index contributed by atoms with van der Waals surface area (Å²) in [6.45, 7) is 1.49. The molecule has 1 N–H and O–H groups in total. The van der Waals surface area contributed by atoms with Gasteiger partial charge in [-0.3, -0.25) is 4.79 Å². The van der Waals surface area contributed by atoms with Crippen LogP contribution < -0.4 is 5.32 Å². The van der Waals surface area contributed by atoms with Crippen LogP contribution in [-0.2, 0) is 11.2 Å². The van der Waals surface area contributed by atoms with Crippen molar-refractivity contribution in [3.63, 3.8) is 0 Å². The summed E-state index contributed by atoms with van der Waals surface area (Å²) in [5.74, 6) is 2.54. The summed E-state index contributed by atoms with van der Waals surface area (Å²) < 4.78 is 0. The number of amides is 1. The average molecular weight is 187 g/mol. The first-order valence-corrected chi connectivity index (χ1v) is 4.52. The van der Waals surface area contributed by atoms with Gasteiger partial charge in [0.2, 0.25) is 5.91 Å². The highest BCUT2D eigenvalue weighted by Crippen LogP contribution is 2.10. The highest BCUT2D eigenvalue weighted by atomic mass is 16.1. The van der Waals surface area contributed by atoms with Gasteiger partial charge in [-0.15, -0.1) is 12.3 Å². The number of carbonyl (C=O) groups excluding carboxylic acids is 1. The summed E-state index contributed by atoms with van der Waals surface area (Å²) >= 11 is 0. The highest BCUT2D eigenvalue weighted by molar-refractivity contribution is 5.88. The molecule has 1 aromatic carbocycles. The maximum atomic E-state index is 10.7. The third-order valence-electron chi connectivity index (χ3n) is 1.83. The SMILES string of the molecule is C#CCCc1ccc(NC(C)=O)cc1. The number of anilines is 1. The molecule has 0 aliphatic rings. The van der Waals surface area contributed by atoms with Gasteiger partial charge in [0.15, 0.2) is 0 Å². The van der Waals surface area contributed by atoms with Crippen molar-refractivity contribution in [2.75, 3.05) is 5.32 Å². The minimum absolute atomic E-state index is 0.0543. The van der Waals surface area contributed by atoms with Crippen molar-refractivity contribution in [2.24, 2.45) is 0 Å². The van der Waals surface area contributed by atoms with E-state index in [1.807, 2.05) is 24.3 Å². The van der Waals surface area contributed by atoms with Crippen molar-refractivity contribution in [1.82, 2.24) is 0 Å². The van der Waals surface area contributed by atoms with Gasteiger partial charge < -0.3 is 5.32 Å². The lowest BCUT2D eigenvalue weighted by atomic mass is 10.1. The molecule has 0 aliphatic carbocycles. The third kappa shape index (κ3) is 3.32. The van der Waals surface area contributed by atoms with E-state index in [-0.39, 0.29) is 5.91 Å². The van der Waals surface area contributed by atoms with Crippen LogP contribution in [0.5, 0.6) is 0 Å². The van der Waals surface area contributed by atoms with Crippen LogP contribution in [0.15, 0.2) is 24.3 Å². The van der Waals surface area contributed by atoms with Crippen LogP contribution in [0.1, 0.15) is 18.9 Å². The van der Waals surface area contributed by atoms with E-state index in [1.54, 1.807) is 0 Å². The van der Waals surface area contributed by atoms with E-state index in [2.05, 4.69) is 11.2 Å². The molecule has 72 valence electrons. The maximum absolute atomic E-state index is 10.7. The van der Waals surface area contributed by atoms with Gasteiger partial charge in [-0.1, -0.05) is 12.1 Å². The molecule has 0 atom stereocenters. The van der Waals surface area contributed by atoms with Crippen molar-refractivity contribution in [2.45, 2.75) is 19.8 Å². The summed E-state index contributed by atoms with van der Waals surface area (Å²) in [7, 11) is 0. The van der Waals surface area contributed by atoms with Crippen LogP contribution in [-0.4, -0.2) is 5.91 Å². The zero-order valence-electron chi connectivity index (χ0n) is 8.21.